The summed E-state index contributed by atoms with van der Waals surface area (Å²) in [6, 6.07) is 15.9. The van der Waals surface area contributed by atoms with Crippen LogP contribution in [-0.2, 0) is 4.79 Å². The smallest absolute Gasteiger partial charge is 0.319 e. The third-order valence-electron chi connectivity index (χ3n) is 2.95. The molecule has 0 fully saturated rings. The Morgan fingerprint density at radius 3 is 2.12 bits per heavy atom. The van der Waals surface area contributed by atoms with Crippen LogP contribution in [-0.4, -0.2) is 25.0 Å². The number of nitrogens with zero attached hydrogens (tertiary/aromatic N) is 2. The third kappa shape index (κ3) is 5.88. The van der Waals surface area contributed by atoms with E-state index in [0.29, 0.717) is 17.9 Å². The number of hydrogen-bond acceptors (Lipinski definition) is 4. The molecule has 0 spiro atoms. The van der Waals surface area contributed by atoms with E-state index in [2.05, 4.69) is 26.2 Å². The molecule has 0 heterocycles. The number of amides is 3. The van der Waals surface area contributed by atoms with Gasteiger partial charge < -0.3 is 16.0 Å². The summed E-state index contributed by atoms with van der Waals surface area (Å²) in [5, 5.41) is 15.9. The summed E-state index contributed by atoms with van der Waals surface area (Å²) in [5.74, 6) is -0.232. The van der Waals surface area contributed by atoms with Crippen molar-refractivity contribution in [3.8, 4) is 0 Å². The van der Waals surface area contributed by atoms with Crippen LogP contribution in [0.15, 0.2) is 64.8 Å². The Kier molecular flexibility index (Phi) is 6.46. The van der Waals surface area contributed by atoms with E-state index in [0.717, 1.165) is 5.69 Å². The number of urea groups is 1. The molecule has 2 aromatic carbocycles. The van der Waals surface area contributed by atoms with Crippen molar-refractivity contribution in [3.63, 3.8) is 0 Å². The normalized spacial score (nSPS) is 10.4. The molecule has 0 atom stereocenters. The van der Waals surface area contributed by atoms with Crippen LogP contribution in [0.5, 0.6) is 0 Å². The van der Waals surface area contributed by atoms with Crippen molar-refractivity contribution in [2.24, 2.45) is 10.2 Å². The first-order valence-corrected chi connectivity index (χ1v) is 7.56. The highest BCUT2D eigenvalue weighted by Gasteiger charge is 2.04. The zero-order chi connectivity index (χ0) is 17.2. The molecule has 0 saturated carbocycles. The minimum absolute atomic E-state index is 0.0664. The number of rotatable bonds is 6. The fourth-order valence-corrected chi connectivity index (χ4v) is 1.82. The van der Waals surface area contributed by atoms with Gasteiger partial charge in [0.1, 0.15) is 0 Å². The first-order chi connectivity index (χ1) is 11.7. The van der Waals surface area contributed by atoms with E-state index in [9.17, 15) is 9.59 Å². The molecule has 3 amide bonds. The molecule has 24 heavy (non-hydrogen) atoms. The molecular weight excluding hydrogens is 306 g/mol. The second-order valence-electron chi connectivity index (χ2n) is 4.84. The van der Waals surface area contributed by atoms with Crippen molar-refractivity contribution in [2.45, 2.75) is 6.92 Å². The van der Waals surface area contributed by atoms with Crippen molar-refractivity contribution in [1.82, 2.24) is 10.6 Å². The zero-order valence-corrected chi connectivity index (χ0v) is 13.3. The Hall–Kier alpha value is -3.22. The highest BCUT2D eigenvalue weighted by molar-refractivity contribution is 5.92. The van der Waals surface area contributed by atoms with Gasteiger partial charge in [0, 0.05) is 12.2 Å². The van der Waals surface area contributed by atoms with Gasteiger partial charge >= 0.3 is 6.03 Å². The van der Waals surface area contributed by atoms with Crippen LogP contribution in [0.25, 0.3) is 0 Å². The molecule has 7 heteroatoms. The standard InChI is InChI=1S/C17H19N5O2/c1-2-18-16(23)12-19-17(24)20-13-8-10-15(11-9-13)22-21-14-6-4-3-5-7-14/h3-11H,2,12H2,1H3,(H,18,23)(H2,19,20,24). The lowest BCUT2D eigenvalue weighted by Gasteiger charge is -2.07. The van der Waals surface area contributed by atoms with Gasteiger partial charge in [-0.2, -0.15) is 10.2 Å². The molecule has 0 radical (unpaired) electrons. The maximum atomic E-state index is 11.7. The Morgan fingerprint density at radius 1 is 0.875 bits per heavy atom. The molecule has 124 valence electrons. The van der Waals surface area contributed by atoms with Gasteiger partial charge in [-0.3, -0.25) is 4.79 Å². The van der Waals surface area contributed by atoms with Gasteiger partial charge in [-0.05, 0) is 43.3 Å². The van der Waals surface area contributed by atoms with E-state index >= 15 is 0 Å². The lowest BCUT2D eigenvalue weighted by atomic mass is 10.3. The second-order valence-corrected chi connectivity index (χ2v) is 4.84. The number of carbonyl (C=O) groups excluding carboxylic acids is 2. The topological polar surface area (TPSA) is 95.0 Å². The number of likely N-dealkylation sites (N-methyl/N-ethyl adjacent to an activating group) is 1. The number of hydrogen-bond donors (Lipinski definition) is 3. The molecule has 0 aliphatic heterocycles. The molecule has 0 aliphatic carbocycles. The maximum absolute atomic E-state index is 11.7. The average Bonchev–Trinajstić information content (AvgIpc) is 2.61. The zero-order valence-electron chi connectivity index (χ0n) is 13.3. The van der Waals surface area contributed by atoms with Crippen LogP contribution in [0.1, 0.15) is 6.92 Å². The quantitative estimate of drug-likeness (QED) is 0.710. The summed E-state index contributed by atoms with van der Waals surface area (Å²) >= 11 is 0. The Labute approximate surface area is 140 Å². The van der Waals surface area contributed by atoms with Crippen molar-refractivity contribution >= 4 is 29.0 Å². The van der Waals surface area contributed by atoms with E-state index in [1.807, 2.05) is 37.3 Å². The van der Waals surface area contributed by atoms with Gasteiger partial charge in [0.25, 0.3) is 0 Å². The summed E-state index contributed by atoms with van der Waals surface area (Å²) in [7, 11) is 0. The van der Waals surface area contributed by atoms with Crippen LogP contribution in [0.2, 0.25) is 0 Å². The summed E-state index contributed by atoms with van der Waals surface area (Å²) < 4.78 is 0. The molecule has 2 rings (SSSR count). The minimum Gasteiger partial charge on any atom is -0.355 e. The fourth-order valence-electron chi connectivity index (χ4n) is 1.82. The number of anilines is 1. The van der Waals surface area contributed by atoms with Gasteiger partial charge in [-0.15, -0.1) is 0 Å². The summed E-state index contributed by atoms with van der Waals surface area (Å²) in [5.41, 5.74) is 2.04. The van der Waals surface area contributed by atoms with Gasteiger partial charge in [0.05, 0.1) is 17.9 Å². The molecule has 2 aromatic rings. The van der Waals surface area contributed by atoms with Crippen LogP contribution < -0.4 is 16.0 Å². The van der Waals surface area contributed by atoms with Gasteiger partial charge in [0.2, 0.25) is 5.91 Å². The predicted octanol–water partition coefficient (Wildman–Crippen LogP) is 3.36. The van der Waals surface area contributed by atoms with Gasteiger partial charge in [-0.1, -0.05) is 18.2 Å². The third-order valence-corrected chi connectivity index (χ3v) is 2.95. The largest absolute Gasteiger partial charge is 0.355 e. The molecule has 0 unspecified atom stereocenters. The molecule has 0 aromatic heterocycles. The van der Waals surface area contributed by atoms with E-state index in [1.165, 1.54) is 0 Å². The van der Waals surface area contributed by atoms with E-state index < -0.39 is 6.03 Å². The van der Waals surface area contributed by atoms with Crippen molar-refractivity contribution < 1.29 is 9.59 Å². The van der Waals surface area contributed by atoms with Crippen molar-refractivity contribution in [2.75, 3.05) is 18.4 Å². The van der Waals surface area contributed by atoms with E-state index in [1.54, 1.807) is 24.3 Å². The van der Waals surface area contributed by atoms with Gasteiger partial charge in [0.15, 0.2) is 0 Å². The Balaban J connectivity index is 1.84. The first kappa shape index (κ1) is 17.1. The average molecular weight is 325 g/mol. The van der Waals surface area contributed by atoms with Crippen molar-refractivity contribution in [3.05, 3.63) is 54.6 Å². The lowest BCUT2D eigenvalue weighted by molar-refractivity contribution is -0.119. The Bertz CT molecular complexity index is 699. The van der Waals surface area contributed by atoms with Crippen LogP contribution in [0, 0.1) is 0 Å². The molecule has 0 saturated heterocycles. The summed E-state index contributed by atoms with van der Waals surface area (Å²) in [6.07, 6.45) is 0. The SMILES string of the molecule is CCNC(=O)CNC(=O)Nc1ccc(N=Nc2ccccc2)cc1. The van der Waals surface area contributed by atoms with E-state index in [4.69, 9.17) is 0 Å². The monoisotopic (exact) mass is 325 g/mol. The second kappa shape index (κ2) is 9.04. The van der Waals surface area contributed by atoms with Crippen LogP contribution in [0.3, 0.4) is 0 Å². The van der Waals surface area contributed by atoms with Crippen LogP contribution in [0.4, 0.5) is 21.9 Å². The number of benzene rings is 2. The highest BCUT2D eigenvalue weighted by atomic mass is 16.2. The van der Waals surface area contributed by atoms with Gasteiger partial charge in [-0.25, -0.2) is 4.79 Å². The number of carbonyl (C=O) groups is 2. The number of nitrogens with one attached hydrogen (secondary N) is 3. The molecule has 3 N–H and O–H groups in total. The fraction of sp³-hybridized carbons (Fsp3) is 0.176. The summed E-state index contributed by atoms with van der Waals surface area (Å²) in [6.45, 7) is 2.28. The molecular formula is C17H19N5O2. The molecule has 0 aliphatic rings. The molecule has 7 nitrogen and oxygen atoms in total. The predicted molar refractivity (Wildman–Crippen MR) is 92.8 cm³/mol. The summed E-state index contributed by atoms with van der Waals surface area (Å²) in [4.78, 5) is 22.9. The van der Waals surface area contributed by atoms with Crippen molar-refractivity contribution in [1.29, 1.82) is 0 Å². The molecule has 0 bridgehead atoms. The maximum Gasteiger partial charge on any atom is 0.319 e. The first-order valence-electron chi connectivity index (χ1n) is 7.56. The number of azo groups is 1. The minimum atomic E-state index is -0.445. The Morgan fingerprint density at radius 2 is 1.50 bits per heavy atom. The lowest BCUT2D eigenvalue weighted by Crippen LogP contribution is -2.38. The van der Waals surface area contributed by atoms with Crippen LogP contribution >= 0.6 is 0 Å². The highest BCUT2D eigenvalue weighted by Crippen LogP contribution is 2.19. The van der Waals surface area contributed by atoms with E-state index in [-0.39, 0.29) is 12.5 Å².